The molecule has 2 saturated heterocycles. The van der Waals surface area contributed by atoms with Crippen molar-refractivity contribution in [2.45, 2.75) is 26.2 Å². The molecule has 0 aliphatic carbocycles. The van der Waals surface area contributed by atoms with Gasteiger partial charge in [-0.25, -0.2) is 9.97 Å². The summed E-state index contributed by atoms with van der Waals surface area (Å²) in [5.74, 6) is 2.08. The monoisotopic (exact) mass is 333 g/mol. The molecule has 1 aromatic heterocycles. The maximum absolute atomic E-state index is 12.3. The van der Waals surface area contributed by atoms with Gasteiger partial charge in [-0.05, 0) is 19.3 Å². The van der Waals surface area contributed by atoms with Gasteiger partial charge in [0.25, 0.3) is 0 Å². The summed E-state index contributed by atoms with van der Waals surface area (Å²) in [5, 5.41) is 3.02. The lowest BCUT2D eigenvalue weighted by Gasteiger charge is -2.34. The number of aromatic nitrogens is 2. The third-order valence-electron chi connectivity index (χ3n) is 4.64. The van der Waals surface area contributed by atoms with Crippen molar-refractivity contribution in [1.82, 2.24) is 15.3 Å². The Bertz CT molecular complexity index is 548. The average Bonchev–Trinajstić information content (AvgIpc) is 2.67. The molecule has 0 saturated carbocycles. The highest BCUT2D eigenvalue weighted by atomic mass is 16.5. The quantitative estimate of drug-likeness (QED) is 0.869. The van der Waals surface area contributed by atoms with Crippen molar-refractivity contribution in [2.24, 2.45) is 5.92 Å². The number of carbonyl (C=O) groups excluding carboxylic acids is 1. The Morgan fingerprint density at radius 2 is 2.00 bits per heavy atom. The number of nitrogens with one attached hydrogen (secondary N) is 1. The van der Waals surface area contributed by atoms with Gasteiger partial charge in [-0.15, -0.1) is 0 Å². The highest BCUT2D eigenvalue weighted by Crippen LogP contribution is 2.24. The van der Waals surface area contributed by atoms with Crippen LogP contribution in [-0.4, -0.2) is 61.8 Å². The van der Waals surface area contributed by atoms with Gasteiger partial charge in [0.2, 0.25) is 5.91 Å². The Labute approximate surface area is 143 Å². The first-order valence-corrected chi connectivity index (χ1v) is 8.95. The normalized spacial score (nSPS) is 21.6. The van der Waals surface area contributed by atoms with Gasteiger partial charge >= 0.3 is 0 Å². The predicted molar refractivity (Wildman–Crippen MR) is 93.3 cm³/mol. The molecule has 1 aromatic rings. The largest absolute Gasteiger partial charge is 0.378 e. The van der Waals surface area contributed by atoms with Crippen LogP contribution in [-0.2, 0) is 9.53 Å². The van der Waals surface area contributed by atoms with Crippen LogP contribution in [0.4, 0.5) is 11.6 Å². The van der Waals surface area contributed by atoms with E-state index < -0.39 is 0 Å². The summed E-state index contributed by atoms with van der Waals surface area (Å²) in [6.45, 7) is 7.69. The maximum Gasteiger partial charge on any atom is 0.224 e. The van der Waals surface area contributed by atoms with Crippen LogP contribution in [0.3, 0.4) is 0 Å². The zero-order valence-electron chi connectivity index (χ0n) is 14.4. The first-order valence-electron chi connectivity index (χ1n) is 8.95. The molecule has 2 fully saturated rings. The minimum atomic E-state index is 0.0482. The van der Waals surface area contributed by atoms with E-state index in [0.717, 1.165) is 76.8 Å². The van der Waals surface area contributed by atoms with Crippen molar-refractivity contribution in [3.63, 3.8) is 0 Å². The van der Waals surface area contributed by atoms with Crippen LogP contribution >= 0.6 is 0 Å². The number of hydrogen-bond donors (Lipinski definition) is 1. The number of rotatable bonds is 5. The summed E-state index contributed by atoms with van der Waals surface area (Å²) in [6.07, 6.45) is 4.56. The molecule has 1 unspecified atom stereocenters. The first-order chi connectivity index (χ1) is 11.8. The predicted octanol–water partition coefficient (Wildman–Crippen LogP) is 1.06. The summed E-state index contributed by atoms with van der Waals surface area (Å²) in [4.78, 5) is 25.5. The van der Waals surface area contributed by atoms with Crippen molar-refractivity contribution in [2.75, 3.05) is 55.7 Å². The first kappa shape index (κ1) is 17.0. The van der Waals surface area contributed by atoms with Crippen LogP contribution in [0.1, 0.15) is 26.2 Å². The maximum atomic E-state index is 12.3. The number of carbonyl (C=O) groups is 1. The number of piperidine rings is 1. The molecule has 7 nitrogen and oxygen atoms in total. The molecule has 1 amide bonds. The molecule has 2 aliphatic heterocycles. The molecule has 24 heavy (non-hydrogen) atoms. The third kappa shape index (κ3) is 4.14. The topological polar surface area (TPSA) is 70.6 Å². The lowest BCUT2D eigenvalue weighted by Crippen LogP contribution is -2.43. The van der Waals surface area contributed by atoms with Gasteiger partial charge in [-0.3, -0.25) is 4.79 Å². The molecular formula is C17H27N5O2. The Morgan fingerprint density at radius 3 is 2.75 bits per heavy atom. The van der Waals surface area contributed by atoms with Crippen LogP contribution in [0.15, 0.2) is 12.4 Å². The molecule has 0 spiro atoms. The van der Waals surface area contributed by atoms with Crippen molar-refractivity contribution in [3.05, 3.63) is 12.4 Å². The molecule has 0 radical (unpaired) electrons. The Hall–Kier alpha value is -1.89. The van der Waals surface area contributed by atoms with E-state index >= 15 is 0 Å². The van der Waals surface area contributed by atoms with E-state index in [2.05, 4.69) is 32.0 Å². The molecule has 1 N–H and O–H groups in total. The van der Waals surface area contributed by atoms with Gasteiger partial charge < -0.3 is 19.9 Å². The lowest BCUT2D eigenvalue weighted by atomic mass is 9.97. The van der Waals surface area contributed by atoms with Gasteiger partial charge in [0.15, 0.2) is 0 Å². The SMILES string of the molecule is CCCNC(=O)C1CCCN(c2cc(N3CCOCC3)ncn2)C1. The average molecular weight is 333 g/mol. The number of morpholine rings is 1. The van der Waals surface area contributed by atoms with Gasteiger partial charge in [0.1, 0.15) is 18.0 Å². The van der Waals surface area contributed by atoms with Crippen molar-refractivity contribution < 1.29 is 9.53 Å². The standard InChI is InChI=1S/C17H27N5O2/c1-2-5-18-17(23)14-4-3-6-22(12-14)16-11-15(19-13-20-16)21-7-9-24-10-8-21/h11,13-14H,2-10,12H2,1H3,(H,18,23). The van der Waals surface area contributed by atoms with Gasteiger partial charge in [0, 0.05) is 38.8 Å². The minimum absolute atomic E-state index is 0.0482. The van der Waals surface area contributed by atoms with Crippen molar-refractivity contribution in [1.29, 1.82) is 0 Å². The number of amides is 1. The molecule has 1 atom stereocenters. The Balaban J connectivity index is 1.65. The van der Waals surface area contributed by atoms with Crippen LogP contribution in [0.25, 0.3) is 0 Å². The van der Waals surface area contributed by atoms with Gasteiger partial charge in [-0.1, -0.05) is 6.92 Å². The molecule has 0 bridgehead atoms. The molecule has 0 aromatic carbocycles. The van der Waals surface area contributed by atoms with E-state index in [1.54, 1.807) is 6.33 Å². The number of ether oxygens (including phenoxy) is 1. The van der Waals surface area contributed by atoms with Gasteiger partial charge in [-0.2, -0.15) is 0 Å². The van der Waals surface area contributed by atoms with E-state index in [9.17, 15) is 4.79 Å². The van der Waals surface area contributed by atoms with Gasteiger partial charge in [0.05, 0.1) is 19.1 Å². The zero-order chi connectivity index (χ0) is 16.8. The van der Waals surface area contributed by atoms with Crippen molar-refractivity contribution in [3.8, 4) is 0 Å². The van der Waals surface area contributed by atoms with Crippen molar-refractivity contribution >= 4 is 17.5 Å². The molecule has 132 valence electrons. The second-order valence-corrected chi connectivity index (χ2v) is 6.41. The Kier molecular flexibility index (Phi) is 5.85. The molecular weight excluding hydrogens is 306 g/mol. The Morgan fingerprint density at radius 1 is 1.25 bits per heavy atom. The number of nitrogens with zero attached hydrogens (tertiary/aromatic N) is 4. The number of anilines is 2. The van der Waals surface area contributed by atoms with E-state index in [-0.39, 0.29) is 11.8 Å². The second-order valence-electron chi connectivity index (χ2n) is 6.41. The molecule has 3 heterocycles. The summed E-state index contributed by atoms with van der Waals surface area (Å²) in [6, 6.07) is 2.04. The zero-order valence-corrected chi connectivity index (χ0v) is 14.4. The van der Waals surface area contributed by atoms with Crippen LogP contribution in [0.2, 0.25) is 0 Å². The highest BCUT2D eigenvalue weighted by Gasteiger charge is 2.26. The van der Waals surface area contributed by atoms with Crippen LogP contribution < -0.4 is 15.1 Å². The molecule has 7 heteroatoms. The smallest absolute Gasteiger partial charge is 0.224 e. The number of hydrogen-bond acceptors (Lipinski definition) is 6. The van der Waals surface area contributed by atoms with Crippen LogP contribution in [0, 0.1) is 5.92 Å². The second kappa shape index (κ2) is 8.28. The van der Waals surface area contributed by atoms with E-state index in [0.29, 0.717) is 0 Å². The fourth-order valence-corrected chi connectivity index (χ4v) is 3.27. The summed E-state index contributed by atoms with van der Waals surface area (Å²) >= 11 is 0. The van der Waals surface area contributed by atoms with Crippen LogP contribution in [0.5, 0.6) is 0 Å². The summed E-state index contributed by atoms with van der Waals surface area (Å²) in [5.41, 5.74) is 0. The van der Waals surface area contributed by atoms with E-state index in [1.807, 2.05) is 6.07 Å². The fraction of sp³-hybridized carbons (Fsp3) is 0.706. The lowest BCUT2D eigenvalue weighted by molar-refractivity contribution is -0.125. The fourth-order valence-electron chi connectivity index (χ4n) is 3.27. The molecule has 2 aliphatic rings. The van der Waals surface area contributed by atoms with E-state index in [1.165, 1.54) is 0 Å². The summed E-state index contributed by atoms with van der Waals surface area (Å²) in [7, 11) is 0. The highest BCUT2D eigenvalue weighted by molar-refractivity contribution is 5.79. The summed E-state index contributed by atoms with van der Waals surface area (Å²) < 4.78 is 5.40. The van der Waals surface area contributed by atoms with E-state index in [4.69, 9.17) is 4.74 Å². The minimum Gasteiger partial charge on any atom is -0.378 e. The third-order valence-corrected chi connectivity index (χ3v) is 4.64. The molecule has 3 rings (SSSR count).